The molecule has 18 heavy (non-hydrogen) atoms. The molecular weight excluding hydrogens is 232 g/mol. The van der Waals surface area contributed by atoms with Crippen LogP contribution in [0.1, 0.15) is 23.2 Å². The van der Waals surface area contributed by atoms with Gasteiger partial charge in [0.25, 0.3) is 0 Å². The Bertz CT molecular complexity index is 422. The first-order chi connectivity index (χ1) is 8.74. The van der Waals surface area contributed by atoms with Crippen LogP contribution in [-0.4, -0.2) is 33.2 Å². The van der Waals surface area contributed by atoms with Crippen molar-refractivity contribution >= 4 is 5.78 Å². The topological polar surface area (TPSA) is 44.8 Å². The van der Waals surface area contributed by atoms with Crippen LogP contribution in [0, 0.1) is 5.92 Å². The number of carbonyl (C=O) groups is 1. The van der Waals surface area contributed by atoms with E-state index in [0.29, 0.717) is 36.0 Å². The van der Waals surface area contributed by atoms with Gasteiger partial charge in [0, 0.05) is 25.2 Å². The molecule has 1 saturated heterocycles. The number of Topliss-reactive ketones (excluding diaryl/α,β-unsaturated/α-hetero) is 1. The van der Waals surface area contributed by atoms with Gasteiger partial charge in [0.1, 0.15) is 0 Å². The van der Waals surface area contributed by atoms with E-state index in [4.69, 9.17) is 14.2 Å². The van der Waals surface area contributed by atoms with Crippen LogP contribution in [0.2, 0.25) is 0 Å². The Labute approximate surface area is 107 Å². The second kappa shape index (κ2) is 5.87. The summed E-state index contributed by atoms with van der Waals surface area (Å²) in [4.78, 5) is 12.1. The lowest BCUT2D eigenvalue weighted by Gasteiger charge is -2.10. The van der Waals surface area contributed by atoms with Crippen molar-refractivity contribution in [3.63, 3.8) is 0 Å². The lowest BCUT2D eigenvalue weighted by atomic mass is 9.97. The predicted octanol–water partition coefficient (Wildman–Crippen LogP) is 2.31. The maximum Gasteiger partial charge on any atom is 0.163 e. The molecule has 1 aromatic rings. The highest BCUT2D eigenvalue weighted by molar-refractivity contribution is 5.96. The van der Waals surface area contributed by atoms with Crippen molar-refractivity contribution in [2.24, 2.45) is 5.92 Å². The van der Waals surface area contributed by atoms with Crippen molar-refractivity contribution in [3.8, 4) is 11.5 Å². The first kappa shape index (κ1) is 12.9. The lowest BCUT2D eigenvalue weighted by molar-refractivity contribution is 0.0952. The Morgan fingerprint density at radius 3 is 2.72 bits per heavy atom. The molecule has 1 heterocycles. The van der Waals surface area contributed by atoms with Gasteiger partial charge in [0.05, 0.1) is 14.2 Å². The van der Waals surface area contributed by atoms with E-state index >= 15 is 0 Å². The SMILES string of the molecule is COc1ccc(C(=O)CC2CCOC2)cc1OC. The molecule has 4 nitrogen and oxygen atoms in total. The number of hydrogen-bond acceptors (Lipinski definition) is 4. The number of benzene rings is 1. The molecule has 4 heteroatoms. The number of ether oxygens (including phenoxy) is 3. The molecule has 0 N–H and O–H groups in total. The molecule has 0 radical (unpaired) electrons. The molecule has 1 unspecified atom stereocenters. The standard InChI is InChI=1S/C14H18O4/c1-16-13-4-3-11(8-14(13)17-2)12(15)7-10-5-6-18-9-10/h3-4,8,10H,5-7,9H2,1-2H3. The summed E-state index contributed by atoms with van der Waals surface area (Å²) in [6, 6.07) is 5.27. The summed E-state index contributed by atoms with van der Waals surface area (Å²) in [5.41, 5.74) is 0.666. The molecule has 1 atom stereocenters. The van der Waals surface area contributed by atoms with Crippen molar-refractivity contribution < 1.29 is 19.0 Å². The third-order valence-corrected chi connectivity index (χ3v) is 3.20. The van der Waals surface area contributed by atoms with E-state index in [0.717, 1.165) is 13.0 Å². The largest absolute Gasteiger partial charge is 0.493 e. The zero-order valence-corrected chi connectivity index (χ0v) is 10.8. The second-order valence-electron chi connectivity index (χ2n) is 4.43. The van der Waals surface area contributed by atoms with Gasteiger partial charge in [-0.05, 0) is 30.5 Å². The highest BCUT2D eigenvalue weighted by atomic mass is 16.5. The number of rotatable bonds is 5. The van der Waals surface area contributed by atoms with Crippen LogP contribution in [0.15, 0.2) is 18.2 Å². The molecule has 0 aliphatic carbocycles. The van der Waals surface area contributed by atoms with E-state index in [-0.39, 0.29) is 5.78 Å². The molecule has 1 aromatic carbocycles. The maximum atomic E-state index is 12.1. The minimum Gasteiger partial charge on any atom is -0.493 e. The highest BCUT2D eigenvalue weighted by Gasteiger charge is 2.20. The summed E-state index contributed by atoms with van der Waals surface area (Å²) in [5, 5.41) is 0. The Kier molecular flexibility index (Phi) is 4.20. The third-order valence-electron chi connectivity index (χ3n) is 3.20. The zero-order chi connectivity index (χ0) is 13.0. The van der Waals surface area contributed by atoms with Crippen molar-refractivity contribution in [2.45, 2.75) is 12.8 Å². The van der Waals surface area contributed by atoms with Crippen LogP contribution < -0.4 is 9.47 Å². The van der Waals surface area contributed by atoms with E-state index in [2.05, 4.69) is 0 Å². The maximum absolute atomic E-state index is 12.1. The zero-order valence-electron chi connectivity index (χ0n) is 10.8. The molecule has 98 valence electrons. The quantitative estimate of drug-likeness (QED) is 0.752. The molecular formula is C14H18O4. The van der Waals surface area contributed by atoms with Crippen LogP contribution >= 0.6 is 0 Å². The minimum atomic E-state index is 0.131. The average molecular weight is 250 g/mol. The van der Waals surface area contributed by atoms with Crippen molar-refractivity contribution in [2.75, 3.05) is 27.4 Å². The number of carbonyl (C=O) groups excluding carboxylic acids is 1. The second-order valence-corrected chi connectivity index (χ2v) is 4.43. The third kappa shape index (κ3) is 2.82. The Balaban J connectivity index is 2.09. The van der Waals surface area contributed by atoms with Gasteiger partial charge >= 0.3 is 0 Å². The number of ketones is 1. The van der Waals surface area contributed by atoms with Gasteiger partial charge in [-0.1, -0.05) is 0 Å². The van der Waals surface area contributed by atoms with Gasteiger partial charge < -0.3 is 14.2 Å². The monoisotopic (exact) mass is 250 g/mol. The molecule has 1 aliphatic heterocycles. The molecule has 0 aromatic heterocycles. The van der Waals surface area contributed by atoms with E-state index < -0.39 is 0 Å². The molecule has 0 spiro atoms. The van der Waals surface area contributed by atoms with Crippen molar-refractivity contribution in [3.05, 3.63) is 23.8 Å². The first-order valence-corrected chi connectivity index (χ1v) is 6.07. The predicted molar refractivity (Wildman–Crippen MR) is 67.4 cm³/mol. The van der Waals surface area contributed by atoms with Crippen molar-refractivity contribution in [1.29, 1.82) is 0 Å². The first-order valence-electron chi connectivity index (χ1n) is 6.07. The summed E-state index contributed by atoms with van der Waals surface area (Å²) in [7, 11) is 3.14. The molecule has 0 saturated carbocycles. The molecule has 1 fully saturated rings. The van der Waals surface area contributed by atoms with Gasteiger partial charge in [0.15, 0.2) is 17.3 Å². The summed E-state index contributed by atoms with van der Waals surface area (Å²) in [5.74, 6) is 1.71. The smallest absolute Gasteiger partial charge is 0.163 e. The van der Waals surface area contributed by atoms with Gasteiger partial charge in [-0.3, -0.25) is 4.79 Å². The fourth-order valence-electron chi connectivity index (χ4n) is 2.13. The van der Waals surface area contributed by atoms with Gasteiger partial charge in [-0.15, -0.1) is 0 Å². The Hall–Kier alpha value is -1.55. The molecule has 2 rings (SSSR count). The summed E-state index contributed by atoms with van der Waals surface area (Å²) in [6.45, 7) is 1.46. The van der Waals surface area contributed by atoms with Crippen LogP contribution in [0.4, 0.5) is 0 Å². The average Bonchev–Trinajstić information content (AvgIpc) is 2.90. The summed E-state index contributed by atoms with van der Waals surface area (Å²) < 4.78 is 15.6. The number of hydrogen-bond donors (Lipinski definition) is 0. The van der Waals surface area contributed by atoms with Crippen LogP contribution in [0.3, 0.4) is 0 Å². The van der Waals surface area contributed by atoms with E-state index in [1.165, 1.54) is 0 Å². The summed E-state index contributed by atoms with van der Waals surface area (Å²) in [6.07, 6.45) is 1.51. The van der Waals surface area contributed by atoms with Gasteiger partial charge in [-0.2, -0.15) is 0 Å². The fraction of sp³-hybridized carbons (Fsp3) is 0.500. The normalized spacial score (nSPS) is 18.7. The minimum absolute atomic E-state index is 0.131. The summed E-state index contributed by atoms with van der Waals surface area (Å²) >= 11 is 0. The fourth-order valence-corrected chi connectivity index (χ4v) is 2.13. The number of methoxy groups -OCH3 is 2. The van der Waals surface area contributed by atoms with Crippen LogP contribution in [0.5, 0.6) is 11.5 Å². The van der Waals surface area contributed by atoms with Crippen LogP contribution in [0.25, 0.3) is 0 Å². The van der Waals surface area contributed by atoms with Crippen molar-refractivity contribution in [1.82, 2.24) is 0 Å². The molecule has 0 amide bonds. The van der Waals surface area contributed by atoms with E-state index in [1.54, 1.807) is 32.4 Å². The van der Waals surface area contributed by atoms with E-state index in [9.17, 15) is 4.79 Å². The van der Waals surface area contributed by atoms with E-state index in [1.807, 2.05) is 0 Å². The lowest BCUT2D eigenvalue weighted by Crippen LogP contribution is -2.09. The molecule has 0 bridgehead atoms. The van der Waals surface area contributed by atoms with Gasteiger partial charge in [-0.25, -0.2) is 0 Å². The Morgan fingerprint density at radius 1 is 1.33 bits per heavy atom. The van der Waals surface area contributed by atoms with Gasteiger partial charge in [0.2, 0.25) is 0 Å². The highest BCUT2D eigenvalue weighted by Crippen LogP contribution is 2.29. The molecule has 1 aliphatic rings. The van der Waals surface area contributed by atoms with Crippen LogP contribution in [-0.2, 0) is 4.74 Å². The Morgan fingerprint density at radius 2 is 2.11 bits per heavy atom.